The predicted octanol–water partition coefficient (Wildman–Crippen LogP) is 3.82. The first-order valence-electron chi connectivity index (χ1n) is 5.44. The van der Waals surface area contributed by atoms with Gasteiger partial charge >= 0.3 is 0 Å². The molecule has 0 aromatic heterocycles. The van der Waals surface area contributed by atoms with Crippen LogP contribution in [0.5, 0.6) is 5.75 Å². The third-order valence-electron chi connectivity index (χ3n) is 2.49. The fraction of sp³-hybridized carbons (Fsp3) is 0.0769. The van der Waals surface area contributed by atoms with Crippen molar-refractivity contribution in [2.75, 3.05) is 0 Å². The number of nitrogens with zero attached hydrogens (tertiary/aromatic N) is 3. The maximum atomic E-state index is 10.7. The van der Waals surface area contributed by atoms with Crippen LogP contribution in [0.4, 0.5) is 17.1 Å². The number of hydrogen-bond acceptors (Lipinski definition) is 5. The molecule has 0 unspecified atom stereocenters. The Balaban J connectivity index is 2.35. The number of aromatic hydroxyl groups is 1. The third-order valence-corrected chi connectivity index (χ3v) is 2.49. The fourth-order valence-corrected chi connectivity index (χ4v) is 1.42. The van der Waals surface area contributed by atoms with Gasteiger partial charge in [-0.15, -0.1) is 10.2 Å². The van der Waals surface area contributed by atoms with Crippen LogP contribution in [-0.2, 0) is 0 Å². The van der Waals surface area contributed by atoms with E-state index in [1.807, 2.05) is 0 Å². The average Bonchev–Trinajstić information content (AvgIpc) is 2.39. The third kappa shape index (κ3) is 2.92. The lowest BCUT2D eigenvalue weighted by Crippen LogP contribution is -1.87. The van der Waals surface area contributed by atoms with Crippen molar-refractivity contribution >= 4 is 17.1 Å². The SMILES string of the molecule is Cc1ccc([N+](=O)[O-])cc1N=Nc1cc[c]cc1O. The van der Waals surface area contributed by atoms with E-state index in [0.29, 0.717) is 5.69 Å². The molecular formula is C13H10N3O3. The summed E-state index contributed by atoms with van der Waals surface area (Å²) in [5, 5.41) is 28.0. The Labute approximate surface area is 109 Å². The molecule has 0 atom stereocenters. The topological polar surface area (TPSA) is 88.1 Å². The highest BCUT2D eigenvalue weighted by atomic mass is 16.6. The van der Waals surface area contributed by atoms with Crippen LogP contribution < -0.4 is 0 Å². The van der Waals surface area contributed by atoms with Crippen LogP contribution in [0.1, 0.15) is 5.56 Å². The Hall–Kier alpha value is -2.76. The molecule has 0 saturated carbocycles. The second kappa shape index (κ2) is 5.26. The van der Waals surface area contributed by atoms with Gasteiger partial charge in [-0.05, 0) is 30.7 Å². The van der Waals surface area contributed by atoms with Crippen molar-refractivity contribution in [1.82, 2.24) is 0 Å². The van der Waals surface area contributed by atoms with Gasteiger partial charge in [0.15, 0.2) is 0 Å². The van der Waals surface area contributed by atoms with Crippen LogP contribution in [0.25, 0.3) is 0 Å². The van der Waals surface area contributed by atoms with Crippen molar-refractivity contribution in [2.45, 2.75) is 6.92 Å². The molecule has 2 aromatic rings. The summed E-state index contributed by atoms with van der Waals surface area (Å²) in [6.07, 6.45) is 0. The number of aryl methyl sites for hydroxylation is 1. The van der Waals surface area contributed by atoms with Gasteiger partial charge in [-0.25, -0.2) is 0 Å². The molecule has 0 bridgehead atoms. The van der Waals surface area contributed by atoms with Gasteiger partial charge in [-0.1, -0.05) is 12.1 Å². The van der Waals surface area contributed by atoms with Crippen molar-refractivity contribution in [3.8, 4) is 5.75 Å². The second-order valence-corrected chi connectivity index (χ2v) is 3.84. The van der Waals surface area contributed by atoms with E-state index in [0.717, 1.165) is 5.56 Å². The number of nitro groups is 1. The van der Waals surface area contributed by atoms with E-state index in [9.17, 15) is 15.2 Å². The maximum Gasteiger partial charge on any atom is 0.271 e. The van der Waals surface area contributed by atoms with E-state index in [-0.39, 0.29) is 17.1 Å². The lowest BCUT2D eigenvalue weighted by molar-refractivity contribution is -0.384. The minimum Gasteiger partial charge on any atom is -0.506 e. The molecule has 0 amide bonds. The minimum atomic E-state index is -0.493. The smallest absolute Gasteiger partial charge is 0.271 e. The Morgan fingerprint density at radius 2 is 2.00 bits per heavy atom. The first-order valence-corrected chi connectivity index (χ1v) is 5.44. The maximum absolute atomic E-state index is 10.7. The summed E-state index contributed by atoms with van der Waals surface area (Å²) in [6.45, 7) is 1.77. The summed E-state index contributed by atoms with van der Waals surface area (Å²) in [5.41, 5.74) is 1.38. The first kappa shape index (κ1) is 12.7. The zero-order valence-electron chi connectivity index (χ0n) is 10.1. The van der Waals surface area contributed by atoms with Crippen LogP contribution in [-0.4, -0.2) is 10.0 Å². The first-order chi connectivity index (χ1) is 9.08. The molecule has 2 aromatic carbocycles. The highest BCUT2D eigenvalue weighted by molar-refractivity contribution is 5.54. The monoisotopic (exact) mass is 256 g/mol. The fourth-order valence-electron chi connectivity index (χ4n) is 1.42. The quantitative estimate of drug-likeness (QED) is 0.514. The predicted molar refractivity (Wildman–Crippen MR) is 69.0 cm³/mol. The molecular weight excluding hydrogens is 246 g/mol. The van der Waals surface area contributed by atoms with Crippen LogP contribution in [0, 0.1) is 23.1 Å². The molecule has 0 saturated heterocycles. The van der Waals surface area contributed by atoms with Gasteiger partial charge in [0.2, 0.25) is 0 Å². The lowest BCUT2D eigenvalue weighted by atomic mass is 10.2. The molecule has 95 valence electrons. The highest BCUT2D eigenvalue weighted by Gasteiger charge is 2.08. The standard InChI is InChI=1S/C13H10N3O3/c1-9-6-7-10(16(18)19)8-12(9)15-14-11-4-2-3-5-13(11)17/h2,4-8,17H,1H3. The number of non-ortho nitro benzene ring substituents is 1. The van der Waals surface area contributed by atoms with E-state index in [4.69, 9.17) is 0 Å². The van der Waals surface area contributed by atoms with E-state index in [1.54, 1.807) is 25.1 Å². The van der Waals surface area contributed by atoms with E-state index >= 15 is 0 Å². The second-order valence-electron chi connectivity index (χ2n) is 3.84. The zero-order valence-corrected chi connectivity index (χ0v) is 10.1. The lowest BCUT2D eigenvalue weighted by Gasteiger charge is -1.99. The molecule has 0 aliphatic heterocycles. The Morgan fingerprint density at radius 3 is 2.68 bits per heavy atom. The Morgan fingerprint density at radius 1 is 1.26 bits per heavy atom. The average molecular weight is 256 g/mol. The molecule has 1 radical (unpaired) electrons. The van der Waals surface area contributed by atoms with E-state index in [1.165, 1.54) is 18.2 Å². The number of nitro benzene ring substituents is 1. The van der Waals surface area contributed by atoms with Crippen molar-refractivity contribution in [2.24, 2.45) is 10.2 Å². The van der Waals surface area contributed by atoms with Gasteiger partial charge in [0.1, 0.15) is 11.4 Å². The minimum absolute atomic E-state index is 0.0469. The Bertz CT molecular complexity index is 653. The van der Waals surface area contributed by atoms with Gasteiger partial charge in [0.25, 0.3) is 5.69 Å². The number of hydrogen-bond donors (Lipinski definition) is 1. The van der Waals surface area contributed by atoms with Crippen LogP contribution in [0.2, 0.25) is 0 Å². The normalized spacial score (nSPS) is 10.8. The molecule has 0 aliphatic rings. The summed E-state index contributed by atoms with van der Waals surface area (Å²) in [7, 11) is 0. The van der Waals surface area contributed by atoms with Crippen molar-refractivity contribution in [1.29, 1.82) is 0 Å². The highest BCUT2D eigenvalue weighted by Crippen LogP contribution is 2.29. The van der Waals surface area contributed by atoms with E-state index in [2.05, 4.69) is 16.3 Å². The van der Waals surface area contributed by atoms with Gasteiger partial charge in [-0.3, -0.25) is 10.1 Å². The van der Waals surface area contributed by atoms with Crippen molar-refractivity contribution < 1.29 is 10.0 Å². The number of azo groups is 1. The summed E-state index contributed by atoms with van der Waals surface area (Å²) in [5.74, 6) is -0.0469. The summed E-state index contributed by atoms with van der Waals surface area (Å²) < 4.78 is 0. The molecule has 19 heavy (non-hydrogen) atoms. The molecule has 2 rings (SSSR count). The summed E-state index contributed by atoms with van der Waals surface area (Å²) in [4.78, 5) is 10.2. The summed E-state index contributed by atoms with van der Waals surface area (Å²) >= 11 is 0. The van der Waals surface area contributed by atoms with Gasteiger partial charge in [0.05, 0.1) is 10.6 Å². The number of phenolic OH excluding ortho intramolecular Hbond substituents is 1. The van der Waals surface area contributed by atoms with Gasteiger partial charge in [-0.2, -0.15) is 0 Å². The largest absolute Gasteiger partial charge is 0.506 e. The molecule has 1 N–H and O–H groups in total. The summed E-state index contributed by atoms with van der Waals surface area (Å²) in [6, 6.07) is 11.5. The van der Waals surface area contributed by atoms with E-state index < -0.39 is 4.92 Å². The molecule has 0 fully saturated rings. The zero-order chi connectivity index (χ0) is 13.8. The van der Waals surface area contributed by atoms with Crippen molar-refractivity contribution in [3.63, 3.8) is 0 Å². The van der Waals surface area contributed by atoms with Crippen LogP contribution in [0.15, 0.2) is 46.6 Å². The molecule has 0 heterocycles. The number of rotatable bonds is 3. The van der Waals surface area contributed by atoms with Crippen LogP contribution >= 0.6 is 0 Å². The van der Waals surface area contributed by atoms with Gasteiger partial charge in [0, 0.05) is 12.1 Å². The molecule has 0 aliphatic carbocycles. The molecule has 0 spiro atoms. The number of phenols is 1. The van der Waals surface area contributed by atoms with Crippen LogP contribution in [0.3, 0.4) is 0 Å². The van der Waals surface area contributed by atoms with Gasteiger partial charge < -0.3 is 5.11 Å². The molecule has 6 nitrogen and oxygen atoms in total. The number of benzene rings is 2. The molecule has 6 heteroatoms. The van der Waals surface area contributed by atoms with Crippen molar-refractivity contribution in [3.05, 3.63) is 58.1 Å². The Kier molecular flexibility index (Phi) is 3.51.